The summed E-state index contributed by atoms with van der Waals surface area (Å²) in [6.07, 6.45) is 7.67. The van der Waals surface area contributed by atoms with E-state index in [4.69, 9.17) is 9.66 Å². The fourth-order valence-corrected chi connectivity index (χ4v) is 3.55. The van der Waals surface area contributed by atoms with Crippen molar-refractivity contribution in [2.24, 2.45) is 0 Å². The maximum absolute atomic E-state index is 10.9. The Morgan fingerprint density at radius 1 is 0.913 bits per heavy atom. The number of carbonyl (C=O) groups is 1. The molecule has 0 aliphatic heterocycles. The predicted molar refractivity (Wildman–Crippen MR) is 91.6 cm³/mol. The fourth-order valence-electron chi connectivity index (χ4n) is 2.16. The van der Waals surface area contributed by atoms with Crippen molar-refractivity contribution in [1.82, 2.24) is 0 Å². The van der Waals surface area contributed by atoms with Gasteiger partial charge >= 0.3 is 5.97 Å². The summed E-state index contributed by atoms with van der Waals surface area (Å²) in [5.74, 6) is 0.260. The van der Waals surface area contributed by atoms with Gasteiger partial charge in [0.2, 0.25) is 0 Å². The quantitative estimate of drug-likeness (QED) is 0.329. The van der Waals surface area contributed by atoms with Gasteiger partial charge in [0.25, 0.3) is 10.1 Å². The second-order valence-electron chi connectivity index (χ2n) is 5.41. The normalized spacial score (nSPS) is 11.5. The van der Waals surface area contributed by atoms with E-state index in [0.29, 0.717) is 0 Å². The summed E-state index contributed by atoms with van der Waals surface area (Å²) in [6, 6.07) is 6.23. The van der Waals surface area contributed by atoms with Gasteiger partial charge in [0.05, 0.1) is 4.90 Å². The molecule has 1 aromatic rings. The molecule has 7 heteroatoms. The van der Waals surface area contributed by atoms with E-state index < -0.39 is 16.1 Å². The molecule has 5 nitrogen and oxygen atoms in total. The number of thioether (sulfide) groups is 1. The Morgan fingerprint density at radius 3 is 1.96 bits per heavy atom. The van der Waals surface area contributed by atoms with Gasteiger partial charge in [-0.1, -0.05) is 32.1 Å². The molecule has 130 valence electrons. The van der Waals surface area contributed by atoms with Crippen LogP contribution in [0.1, 0.15) is 51.4 Å². The van der Waals surface area contributed by atoms with Gasteiger partial charge in [-0.3, -0.25) is 9.35 Å². The van der Waals surface area contributed by atoms with Crippen molar-refractivity contribution in [2.75, 3.05) is 5.75 Å². The number of carboxylic acids is 1. The molecule has 0 saturated heterocycles. The van der Waals surface area contributed by atoms with Crippen LogP contribution >= 0.6 is 11.8 Å². The van der Waals surface area contributed by atoms with E-state index in [1.165, 1.54) is 12.1 Å². The zero-order valence-electron chi connectivity index (χ0n) is 13.1. The van der Waals surface area contributed by atoms with E-state index in [1.54, 1.807) is 23.9 Å². The number of hydrogen-bond donors (Lipinski definition) is 2. The minimum absolute atomic E-state index is 0.0789. The Labute approximate surface area is 142 Å². The minimum Gasteiger partial charge on any atom is -0.481 e. The first-order chi connectivity index (χ1) is 10.9. The minimum atomic E-state index is -4.11. The van der Waals surface area contributed by atoms with E-state index in [2.05, 4.69) is 0 Å². The highest BCUT2D eigenvalue weighted by Crippen LogP contribution is 2.22. The lowest BCUT2D eigenvalue weighted by molar-refractivity contribution is -0.137. The van der Waals surface area contributed by atoms with E-state index in [0.717, 1.165) is 55.6 Å². The van der Waals surface area contributed by atoms with Crippen molar-refractivity contribution in [3.8, 4) is 0 Å². The van der Waals surface area contributed by atoms with Gasteiger partial charge in [-0.25, -0.2) is 0 Å². The molecule has 0 bridgehead atoms. The van der Waals surface area contributed by atoms with Crippen LogP contribution in [0.15, 0.2) is 34.1 Å². The summed E-state index contributed by atoms with van der Waals surface area (Å²) < 4.78 is 30.7. The van der Waals surface area contributed by atoms with Crippen LogP contribution in [0.3, 0.4) is 0 Å². The second kappa shape index (κ2) is 10.7. The molecule has 0 saturated carbocycles. The molecule has 0 heterocycles. The van der Waals surface area contributed by atoms with E-state index in [9.17, 15) is 13.2 Å². The first kappa shape index (κ1) is 20.0. The van der Waals surface area contributed by atoms with Crippen LogP contribution in [-0.2, 0) is 14.9 Å². The van der Waals surface area contributed by atoms with Crippen LogP contribution in [0.2, 0.25) is 0 Å². The number of benzene rings is 1. The van der Waals surface area contributed by atoms with Gasteiger partial charge in [0.1, 0.15) is 0 Å². The summed E-state index contributed by atoms with van der Waals surface area (Å²) in [5, 5.41) is 8.52. The Hall–Kier alpha value is -1.05. The third-order valence-corrected chi connectivity index (χ3v) is 5.39. The van der Waals surface area contributed by atoms with Crippen molar-refractivity contribution in [3.05, 3.63) is 24.3 Å². The first-order valence-corrected chi connectivity index (χ1v) is 10.2. The molecule has 0 spiro atoms. The van der Waals surface area contributed by atoms with Crippen molar-refractivity contribution in [3.63, 3.8) is 0 Å². The summed E-state index contributed by atoms with van der Waals surface area (Å²) in [6.45, 7) is 0. The molecule has 0 aromatic heterocycles. The van der Waals surface area contributed by atoms with Gasteiger partial charge in [0, 0.05) is 11.3 Å². The standard InChI is InChI=1S/C16H24O5S2/c17-16(18)8-6-4-2-1-3-5-7-13-22-14-9-11-15(12-10-14)23(19,20)21/h9-12H,1-8,13H2,(H,17,18)(H,19,20,21). The Kier molecular flexibility index (Phi) is 9.28. The largest absolute Gasteiger partial charge is 0.481 e. The maximum atomic E-state index is 10.9. The van der Waals surface area contributed by atoms with Crippen LogP contribution in [0.25, 0.3) is 0 Å². The molecule has 0 aliphatic carbocycles. The van der Waals surface area contributed by atoms with E-state index >= 15 is 0 Å². The molecule has 0 aliphatic rings. The number of hydrogen-bond acceptors (Lipinski definition) is 4. The third kappa shape index (κ3) is 9.63. The van der Waals surface area contributed by atoms with Crippen LogP contribution < -0.4 is 0 Å². The Morgan fingerprint density at radius 2 is 1.43 bits per heavy atom. The van der Waals surface area contributed by atoms with Crippen molar-refractivity contribution in [1.29, 1.82) is 0 Å². The third-order valence-electron chi connectivity index (χ3n) is 3.43. The van der Waals surface area contributed by atoms with Gasteiger partial charge in [-0.2, -0.15) is 8.42 Å². The van der Waals surface area contributed by atoms with Gasteiger partial charge in [-0.05, 0) is 42.9 Å². The molecular formula is C16H24O5S2. The molecule has 0 amide bonds. The zero-order valence-corrected chi connectivity index (χ0v) is 14.7. The molecule has 0 fully saturated rings. The summed E-state index contributed by atoms with van der Waals surface area (Å²) in [5.41, 5.74) is 0. The molecule has 0 radical (unpaired) electrons. The number of carboxylic acid groups (broad SMARTS) is 1. The molecular weight excluding hydrogens is 336 g/mol. The number of unbranched alkanes of at least 4 members (excludes halogenated alkanes) is 6. The molecule has 1 aromatic carbocycles. The van der Waals surface area contributed by atoms with Crippen molar-refractivity contribution >= 4 is 27.8 Å². The lowest BCUT2D eigenvalue weighted by Crippen LogP contribution is -1.97. The van der Waals surface area contributed by atoms with Crippen molar-refractivity contribution in [2.45, 2.75) is 61.2 Å². The molecule has 1 rings (SSSR count). The monoisotopic (exact) mass is 360 g/mol. The van der Waals surface area contributed by atoms with Gasteiger partial charge < -0.3 is 5.11 Å². The molecule has 0 atom stereocenters. The topological polar surface area (TPSA) is 91.7 Å². The van der Waals surface area contributed by atoms with Gasteiger partial charge in [-0.15, -0.1) is 11.8 Å². The molecule has 23 heavy (non-hydrogen) atoms. The van der Waals surface area contributed by atoms with Crippen LogP contribution in [-0.4, -0.2) is 29.8 Å². The number of rotatable bonds is 12. The Bertz CT molecular complexity index is 567. The average molecular weight is 360 g/mol. The lowest BCUT2D eigenvalue weighted by atomic mass is 10.1. The zero-order chi connectivity index (χ0) is 17.1. The Balaban J connectivity index is 2.04. The summed E-state index contributed by atoms with van der Waals surface area (Å²) in [4.78, 5) is 11.3. The number of aliphatic carboxylic acids is 1. The first-order valence-electron chi connectivity index (χ1n) is 7.82. The van der Waals surface area contributed by atoms with Crippen LogP contribution in [0.4, 0.5) is 0 Å². The smallest absolute Gasteiger partial charge is 0.303 e. The van der Waals surface area contributed by atoms with Crippen molar-refractivity contribution < 1.29 is 22.9 Å². The van der Waals surface area contributed by atoms with Gasteiger partial charge in [0.15, 0.2) is 0 Å². The van der Waals surface area contributed by atoms with E-state index in [1.807, 2.05) is 0 Å². The molecule has 2 N–H and O–H groups in total. The highest BCUT2D eigenvalue weighted by molar-refractivity contribution is 7.99. The predicted octanol–water partition coefficient (Wildman–Crippen LogP) is 4.23. The summed E-state index contributed by atoms with van der Waals surface area (Å²) >= 11 is 1.67. The second-order valence-corrected chi connectivity index (χ2v) is 8.00. The molecule has 0 unspecified atom stereocenters. The highest BCUT2D eigenvalue weighted by Gasteiger charge is 2.08. The fraction of sp³-hybridized carbons (Fsp3) is 0.562. The summed E-state index contributed by atoms with van der Waals surface area (Å²) in [7, 11) is -4.11. The van der Waals surface area contributed by atoms with Crippen LogP contribution in [0, 0.1) is 0 Å². The highest BCUT2D eigenvalue weighted by atomic mass is 32.2. The average Bonchev–Trinajstić information content (AvgIpc) is 2.48. The lowest BCUT2D eigenvalue weighted by Gasteiger charge is -2.03. The van der Waals surface area contributed by atoms with Crippen LogP contribution in [0.5, 0.6) is 0 Å². The maximum Gasteiger partial charge on any atom is 0.303 e. The SMILES string of the molecule is O=C(O)CCCCCCCCCSc1ccc(S(=O)(=O)O)cc1. The van der Waals surface area contributed by atoms with E-state index in [-0.39, 0.29) is 11.3 Å².